The number of hydrogen-bond acceptors (Lipinski definition) is 3. The number of hydrogen-bond donors (Lipinski definition) is 0. The maximum atomic E-state index is 12.9. The second-order valence-electron chi connectivity index (χ2n) is 3.20. The molecule has 0 aliphatic carbocycles. The van der Waals surface area contributed by atoms with E-state index in [9.17, 15) is 4.39 Å². The molecule has 1 aromatic heterocycles. The lowest BCUT2D eigenvalue weighted by molar-refractivity contribution is 0.182. The third kappa shape index (κ3) is 2.40. The third-order valence-corrected chi connectivity index (χ3v) is 3.24. The standard InChI is InChI=1S/C11H9ClFNOS/c1-15-5-8-6-16-11(14-8)9-3-2-7(13)4-10(9)12/h2-4,6H,5H2,1H3. The number of aromatic nitrogens is 1. The zero-order valence-corrected chi connectivity index (χ0v) is 10.1. The van der Waals surface area contributed by atoms with Gasteiger partial charge in [-0.05, 0) is 18.2 Å². The minimum absolute atomic E-state index is 0.345. The van der Waals surface area contributed by atoms with Crippen LogP contribution in [0.3, 0.4) is 0 Å². The number of halogens is 2. The molecule has 2 nitrogen and oxygen atoms in total. The highest BCUT2D eigenvalue weighted by atomic mass is 35.5. The summed E-state index contributed by atoms with van der Waals surface area (Å²) >= 11 is 7.41. The van der Waals surface area contributed by atoms with Gasteiger partial charge in [-0.2, -0.15) is 0 Å². The highest BCUT2D eigenvalue weighted by Crippen LogP contribution is 2.30. The maximum Gasteiger partial charge on any atom is 0.125 e. The first kappa shape index (κ1) is 11.5. The van der Waals surface area contributed by atoms with Crippen molar-refractivity contribution >= 4 is 22.9 Å². The molecule has 2 aromatic rings. The normalized spacial score (nSPS) is 10.7. The topological polar surface area (TPSA) is 22.1 Å². The van der Waals surface area contributed by atoms with Crippen LogP contribution in [0.1, 0.15) is 5.69 Å². The predicted molar refractivity (Wildman–Crippen MR) is 63.2 cm³/mol. The van der Waals surface area contributed by atoms with Crippen molar-refractivity contribution in [2.45, 2.75) is 6.61 Å². The third-order valence-electron chi connectivity index (χ3n) is 2.01. The Bertz CT molecular complexity index is 500. The molecule has 0 N–H and O–H groups in total. The predicted octanol–water partition coefficient (Wildman–Crippen LogP) is 3.75. The zero-order valence-electron chi connectivity index (χ0n) is 8.54. The van der Waals surface area contributed by atoms with Gasteiger partial charge in [0.25, 0.3) is 0 Å². The average molecular weight is 258 g/mol. The first-order chi connectivity index (χ1) is 7.70. The Balaban J connectivity index is 2.35. The quantitative estimate of drug-likeness (QED) is 0.836. The van der Waals surface area contributed by atoms with Crippen LogP contribution in [0.15, 0.2) is 23.6 Å². The summed E-state index contributed by atoms with van der Waals surface area (Å²) in [5.74, 6) is -0.345. The van der Waals surface area contributed by atoms with Crippen LogP contribution in [0.25, 0.3) is 10.6 Å². The molecule has 5 heteroatoms. The Morgan fingerprint density at radius 3 is 3.00 bits per heavy atom. The second kappa shape index (κ2) is 4.91. The SMILES string of the molecule is COCc1csc(-c2ccc(F)cc2Cl)n1. The molecule has 0 saturated carbocycles. The van der Waals surface area contributed by atoms with Crippen molar-refractivity contribution in [3.05, 3.63) is 40.1 Å². The van der Waals surface area contributed by atoms with Crippen LogP contribution in [-0.2, 0) is 11.3 Å². The molecular weight excluding hydrogens is 249 g/mol. The summed E-state index contributed by atoms with van der Waals surface area (Å²) in [4.78, 5) is 4.35. The van der Waals surface area contributed by atoms with Gasteiger partial charge in [0.2, 0.25) is 0 Å². The molecule has 0 fully saturated rings. The van der Waals surface area contributed by atoms with Crippen LogP contribution in [-0.4, -0.2) is 12.1 Å². The van der Waals surface area contributed by atoms with Crippen LogP contribution in [0.4, 0.5) is 4.39 Å². The Hall–Kier alpha value is -0.970. The van der Waals surface area contributed by atoms with E-state index in [1.165, 1.54) is 23.5 Å². The Morgan fingerprint density at radius 2 is 2.31 bits per heavy atom. The van der Waals surface area contributed by atoms with Crippen molar-refractivity contribution in [1.29, 1.82) is 0 Å². The van der Waals surface area contributed by atoms with Crippen molar-refractivity contribution in [3.8, 4) is 10.6 Å². The zero-order chi connectivity index (χ0) is 11.5. The molecule has 16 heavy (non-hydrogen) atoms. The molecule has 0 aliphatic heterocycles. The summed E-state index contributed by atoms with van der Waals surface area (Å²) in [6.45, 7) is 0.468. The van der Waals surface area contributed by atoms with Crippen molar-refractivity contribution in [2.24, 2.45) is 0 Å². The summed E-state index contributed by atoms with van der Waals surface area (Å²) in [5, 5.41) is 3.05. The molecule has 0 unspecified atom stereocenters. The average Bonchev–Trinajstić information content (AvgIpc) is 2.67. The van der Waals surface area contributed by atoms with E-state index in [0.717, 1.165) is 16.3 Å². The fraction of sp³-hybridized carbons (Fsp3) is 0.182. The monoisotopic (exact) mass is 257 g/mol. The van der Waals surface area contributed by atoms with Crippen LogP contribution in [0.2, 0.25) is 5.02 Å². The molecule has 84 valence electrons. The van der Waals surface area contributed by atoms with Gasteiger partial charge < -0.3 is 4.74 Å². The Morgan fingerprint density at radius 1 is 1.50 bits per heavy atom. The van der Waals surface area contributed by atoms with Gasteiger partial charge in [-0.15, -0.1) is 11.3 Å². The van der Waals surface area contributed by atoms with Gasteiger partial charge in [0.05, 0.1) is 17.3 Å². The number of rotatable bonds is 3. The lowest BCUT2D eigenvalue weighted by atomic mass is 10.2. The summed E-state index contributed by atoms with van der Waals surface area (Å²) in [5.41, 5.74) is 1.60. The van der Waals surface area contributed by atoms with Crippen molar-refractivity contribution in [2.75, 3.05) is 7.11 Å². The molecule has 1 aromatic carbocycles. The second-order valence-corrected chi connectivity index (χ2v) is 4.47. The van der Waals surface area contributed by atoms with Gasteiger partial charge in [-0.1, -0.05) is 11.6 Å². The van der Waals surface area contributed by atoms with Gasteiger partial charge in [-0.25, -0.2) is 9.37 Å². The lowest BCUT2D eigenvalue weighted by Crippen LogP contribution is -1.87. The van der Waals surface area contributed by atoms with Crippen LogP contribution in [0, 0.1) is 5.82 Å². The number of benzene rings is 1. The summed E-state index contributed by atoms with van der Waals surface area (Å²) in [6.07, 6.45) is 0. The minimum Gasteiger partial charge on any atom is -0.378 e. The van der Waals surface area contributed by atoms with Gasteiger partial charge in [-0.3, -0.25) is 0 Å². The van der Waals surface area contributed by atoms with E-state index in [4.69, 9.17) is 16.3 Å². The van der Waals surface area contributed by atoms with E-state index in [0.29, 0.717) is 11.6 Å². The van der Waals surface area contributed by atoms with Gasteiger partial charge >= 0.3 is 0 Å². The molecule has 0 bridgehead atoms. The lowest BCUT2D eigenvalue weighted by Gasteiger charge is -1.99. The minimum atomic E-state index is -0.345. The van der Waals surface area contributed by atoms with Crippen LogP contribution >= 0.6 is 22.9 Å². The van der Waals surface area contributed by atoms with E-state index in [-0.39, 0.29) is 5.82 Å². The van der Waals surface area contributed by atoms with Gasteiger partial charge in [0, 0.05) is 18.1 Å². The van der Waals surface area contributed by atoms with E-state index in [1.54, 1.807) is 13.2 Å². The highest BCUT2D eigenvalue weighted by molar-refractivity contribution is 7.13. The molecule has 0 aliphatic rings. The smallest absolute Gasteiger partial charge is 0.125 e. The van der Waals surface area contributed by atoms with Crippen LogP contribution < -0.4 is 0 Å². The molecular formula is C11H9ClFNOS. The van der Waals surface area contributed by atoms with E-state index >= 15 is 0 Å². The van der Waals surface area contributed by atoms with Gasteiger partial charge in [0.1, 0.15) is 10.8 Å². The van der Waals surface area contributed by atoms with Gasteiger partial charge in [0.15, 0.2) is 0 Å². The fourth-order valence-electron chi connectivity index (χ4n) is 1.31. The molecule has 0 radical (unpaired) electrons. The van der Waals surface area contributed by atoms with Crippen molar-refractivity contribution in [3.63, 3.8) is 0 Å². The Labute approximate surface area is 102 Å². The van der Waals surface area contributed by atoms with E-state index < -0.39 is 0 Å². The summed E-state index contributed by atoms with van der Waals surface area (Å²) < 4.78 is 17.8. The number of thiazole rings is 1. The fourth-order valence-corrected chi connectivity index (χ4v) is 2.46. The van der Waals surface area contributed by atoms with Crippen molar-refractivity contribution < 1.29 is 9.13 Å². The molecule has 0 saturated heterocycles. The number of ether oxygens (including phenoxy) is 1. The first-order valence-corrected chi connectivity index (χ1v) is 5.85. The van der Waals surface area contributed by atoms with E-state index in [2.05, 4.69) is 4.98 Å². The molecule has 0 atom stereocenters. The largest absolute Gasteiger partial charge is 0.378 e. The van der Waals surface area contributed by atoms with Crippen LogP contribution in [0.5, 0.6) is 0 Å². The molecule has 1 heterocycles. The highest BCUT2D eigenvalue weighted by Gasteiger charge is 2.09. The molecule has 0 amide bonds. The van der Waals surface area contributed by atoms with E-state index in [1.807, 2.05) is 5.38 Å². The molecule has 0 spiro atoms. The Kier molecular flexibility index (Phi) is 3.53. The van der Waals surface area contributed by atoms with Crippen molar-refractivity contribution in [1.82, 2.24) is 4.98 Å². The number of nitrogens with zero attached hydrogens (tertiary/aromatic N) is 1. The molecule has 2 rings (SSSR count). The summed E-state index contributed by atoms with van der Waals surface area (Å²) in [6, 6.07) is 4.29. The summed E-state index contributed by atoms with van der Waals surface area (Å²) in [7, 11) is 1.61. The number of methoxy groups -OCH3 is 1. The maximum absolute atomic E-state index is 12.9. The first-order valence-electron chi connectivity index (χ1n) is 4.59.